The van der Waals surface area contributed by atoms with Crippen molar-refractivity contribution >= 4 is 35.4 Å². The molecule has 0 atom stereocenters. The molecule has 0 fully saturated rings. The van der Waals surface area contributed by atoms with Crippen molar-refractivity contribution in [3.8, 4) is 11.4 Å². The van der Waals surface area contributed by atoms with Crippen LogP contribution in [0.2, 0.25) is 5.02 Å². The average molecular weight is 507 g/mol. The number of hydrogen-bond acceptors (Lipinski definition) is 4. The number of halogens is 2. The minimum absolute atomic E-state index is 0. The molecule has 0 aliphatic heterocycles. The Morgan fingerprint density at radius 2 is 1.26 bits per heavy atom. The van der Waals surface area contributed by atoms with Gasteiger partial charge in [0, 0.05) is 44.6 Å². The molecule has 3 aromatic carbocycles. The van der Waals surface area contributed by atoms with Crippen molar-refractivity contribution in [1.82, 2.24) is 4.68 Å². The van der Waals surface area contributed by atoms with E-state index < -0.39 is 0 Å². The van der Waals surface area contributed by atoms with Gasteiger partial charge in [-0.3, -0.25) is 0 Å². The summed E-state index contributed by atoms with van der Waals surface area (Å²) in [6.07, 6.45) is 7.46. The second kappa shape index (κ2) is 11.7. The largest absolute Gasteiger partial charge is 1.00 e. The number of aromatic nitrogens is 2. The number of imidazole rings is 1. The van der Waals surface area contributed by atoms with E-state index in [9.17, 15) is 0 Å². The van der Waals surface area contributed by atoms with Gasteiger partial charge in [-0.05, 0) is 59.7 Å². The Hall–Kier alpha value is -3.61. The minimum atomic E-state index is 0. The number of rotatable bonds is 7. The van der Waals surface area contributed by atoms with Crippen LogP contribution in [0.25, 0.3) is 11.4 Å². The van der Waals surface area contributed by atoms with E-state index in [1.54, 1.807) is 0 Å². The third-order valence-corrected chi connectivity index (χ3v) is 5.62. The van der Waals surface area contributed by atoms with Gasteiger partial charge in [0.2, 0.25) is 0 Å². The lowest BCUT2D eigenvalue weighted by Gasteiger charge is -2.11. The molecule has 0 saturated heterocycles. The van der Waals surface area contributed by atoms with Gasteiger partial charge in [-0.15, -0.1) is 0 Å². The molecule has 35 heavy (non-hydrogen) atoms. The highest BCUT2D eigenvalue weighted by Crippen LogP contribution is 2.20. The summed E-state index contributed by atoms with van der Waals surface area (Å²) in [6, 6.07) is 24.2. The van der Waals surface area contributed by atoms with E-state index in [0.29, 0.717) is 5.02 Å². The van der Waals surface area contributed by atoms with Crippen LogP contribution in [0.1, 0.15) is 11.1 Å². The Morgan fingerprint density at radius 3 is 1.77 bits per heavy atom. The summed E-state index contributed by atoms with van der Waals surface area (Å²) < 4.78 is 3.63. The summed E-state index contributed by atoms with van der Waals surface area (Å²) in [5, 5.41) is 10.1. The number of nitrogens with zero attached hydrogens (tertiary/aromatic N) is 6. The summed E-state index contributed by atoms with van der Waals surface area (Å²) in [5.74, 6) is 0.819. The first-order valence-corrected chi connectivity index (χ1v) is 11.3. The molecule has 1 aromatic heterocycles. The molecule has 8 heteroatoms. The van der Waals surface area contributed by atoms with Crippen LogP contribution in [0, 0.1) is 0 Å². The molecule has 1 heterocycles. The molecule has 0 aliphatic rings. The standard InChI is InChI=1S/C27H28ClN6.ClH/c1-31(2)25-13-5-21(6-14-25)19-29-33-17-18-34(27(33)23-9-11-24(28)12-10-23)30-20-22-7-15-26(16-8-22)32(3)4;/h5-20H,1-4H3;1H/q+1;/p-1/b29-19+,30-20+;. The SMILES string of the molecule is CN(C)c1ccc(/C=N/n2cc[n+](/N=C/c3ccc(N(C)C)cc3)c2-c2ccc(Cl)cc2)cc1.[Cl-]. The molecular formula is C27H28Cl2N6. The molecule has 180 valence electrons. The van der Waals surface area contributed by atoms with E-state index in [0.717, 1.165) is 33.9 Å². The summed E-state index contributed by atoms with van der Waals surface area (Å²) in [6.45, 7) is 0. The lowest BCUT2D eigenvalue weighted by molar-refractivity contribution is -0.666. The Labute approximate surface area is 217 Å². The average Bonchev–Trinajstić information content (AvgIpc) is 3.25. The lowest BCUT2D eigenvalue weighted by atomic mass is 10.2. The molecular weight excluding hydrogens is 479 g/mol. The van der Waals surface area contributed by atoms with E-state index in [2.05, 4.69) is 34.1 Å². The van der Waals surface area contributed by atoms with Gasteiger partial charge in [0.25, 0.3) is 0 Å². The first kappa shape index (κ1) is 26.0. The predicted molar refractivity (Wildman–Crippen MR) is 143 cm³/mol. The zero-order valence-electron chi connectivity index (χ0n) is 20.2. The smallest absolute Gasteiger partial charge is 0.339 e. The molecule has 6 nitrogen and oxygen atoms in total. The maximum absolute atomic E-state index is 6.13. The highest BCUT2D eigenvalue weighted by atomic mass is 35.5. The fourth-order valence-corrected chi connectivity index (χ4v) is 3.52. The van der Waals surface area contributed by atoms with E-state index in [4.69, 9.17) is 21.8 Å². The molecule has 0 N–H and O–H groups in total. The van der Waals surface area contributed by atoms with Gasteiger partial charge in [0.05, 0.1) is 18.0 Å². The van der Waals surface area contributed by atoms with Gasteiger partial charge in [0.1, 0.15) is 0 Å². The van der Waals surface area contributed by atoms with Crippen LogP contribution in [-0.4, -0.2) is 45.3 Å². The number of benzene rings is 3. The Morgan fingerprint density at radius 1 is 0.743 bits per heavy atom. The fraction of sp³-hybridized carbons (Fsp3) is 0.148. The minimum Gasteiger partial charge on any atom is -1.00 e. The molecule has 0 amide bonds. The normalized spacial score (nSPS) is 11.1. The maximum Gasteiger partial charge on any atom is 0.339 e. The number of anilines is 2. The van der Waals surface area contributed by atoms with Crippen molar-refractivity contribution in [2.45, 2.75) is 0 Å². The van der Waals surface area contributed by atoms with Crippen LogP contribution < -0.4 is 26.9 Å². The fourth-order valence-electron chi connectivity index (χ4n) is 3.40. The van der Waals surface area contributed by atoms with E-state index >= 15 is 0 Å². The summed E-state index contributed by atoms with van der Waals surface area (Å²) in [7, 11) is 8.10. The third kappa shape index (κ3) is 6.50. The highest BCUT2D eigenvalue weighted by Gasteiger charge is 2.19. The molecule has 0 spiro atoms. The van der Waals surface area contributed by atoms with Crippen molar-refractivity contribution < 1.29 is 17.1 Å². The molecule has 0 radical (unpaired) electrons. The summed E-state index contributed by atoms with van der Waals surface area (Å²) >= 11 is 6.13. The van der Waals surface area contributed by atoms with Crippen LogP contribution in [-0.2, 0) is 0 Å². The third-order valence-electron chi connectivity index (χ3n) is 5.37. The van der Waals surface area contributed by atoms with Crippen LogP contribution in [0.15, 0.2) is 95.4 Å². The first-order chi connectivity index (χ1) is 16.4. The second-order valence-electron chi connectivity index (χ2n) is 8.28. The Balaban J connectivity index is 0.00000342. The second-order valence-corrected chi connectivity index (χ2v) is 8.72. The monoisotopic (exact) mass is 506 g/mol. The topological polar surface area (TPSA) is 40.0 Å². The van der Waals surface area contributed by atoms with Gasteiger partial charge in [-0.2, -0.15) is 0 Å². The quantitative estimate of drug-likeness (QED) is 0.284. The summed E-state index contributed by atoms with van der Waals surface area (Å²) in [4.78, 5) is 4.14. The van der Waals surface area contributed by atoms with Crippen LogP contribution in [0.4, 0.5) is 11.4 Å². The first-order valence-electron chi connectivity index (χ1n) is 10.9. The summed E-state index contributed by atoms with van der Waals surface area (Å²) in [5.41, 5.74) is 5.26. The van der Waals surface area contributed by atoms with Crippen LogP contribution in [0.3, 0.4) is 0 Å². The van der Waals surface area contributed by atoms with Crippen molar-refractivity contribution in [2.75, 3.05) is 38.0 Å². The van der Waals surface area contributed by atoms with Crippen molar-refractivity contribution in [3.63, 3.8) is 0 Å². The highest BCUT2D eigenvalue weighted by molar-refractivity contribution is 6.30. The zero-order valence-corrected chi connectivity index (χ0v) is 21.7. The number of hydrogen-bond donors (Lipinski definition) is 0. The zero-order chi connectivity index (χ0) is 24.1. The van der Waals surface area contributed by atoms with E-state index in [1.807, 2.05) is 111 Å². The lowest BCUT2D eigenvalue weighted by Crippen LogP contribution is -3.00. The van der Waals surface area contributed by atoms with E-state index in [-0.39, 0.29) is 12.4 Å². The Kier molecular flexibility index (Phi) is 8.68. The van der Waals surface area contributed by atoms with Gasteiger partial charge < -0.3 is 22.2 Å². The van der Waals surface area contributed by atoms with Crippen LogP contribution in [0.5, 0.6) is 0 Å². The van der Waals surface area contributed by atoms with Gasteiger partial charge in [0.15, 0.2) is 12.4 Å². The molecule has 4 aromatic rings. The molecule has 0 unspecified atom stereocenters. The van der Waals surface area contributed by atoms with Crippen LogP contribution >= 0.6 is 11.6 Å². The Bertz CT molecular complexity index is 1210. The molecule has 4 rings (SSSR count). The molecule has 0 saturated carbocycles. The van der Waals surface area contributed by atoms with Gasteiger partial charge in [-0.25, -0.2) is 0 Å². The van der Waals surface area contributed by atoms with Gasteiger partial charge in [-0.1, -0.05) is 55.4 Å². The predicted octanol–water partition coefficient (Wildman–Crippen LogP) is 2.00. The van der Waals surface area contributed by atoms with E-state index in [1.165, 1.54) is 0 Å². The molecule has 0 aliphatic carbocycles. The molecule has 0 bridgehead atoms. The van der Waals surface area contributed by atoms with Gasteiger partial charge >= 0.3 is 5.82 Å². The maximum atomic E-state index is 6.13. The van der Waals surface area contributed by atoms with Crippen molar-refractivity contribution in [1.29, 1.82) is 0 Å². The van der Waals surface area contributed by atoms with Crippen molar-refractivity contribution in [3.05, 3.63) is 101 Å². The van der Waals surface area contributed by atoms with Crippen molar-refractivity contribution in [2.24, 2.45) is 10.2 Å².